The summed E-state index contributed by atoms with van der Waals surface area (Å²) in [4.78, 5) is 14.7. The zero-order valence-corrected chi connectivity index (χ0v) is 42.9. The van der Waals surface area contributed by atoms with Gasteiger partial charge in [0.15, 0.2) is 17.5 Å². The molecule has 414 valence electrons. The SMILES string of the molecule is N#Cc1cc(C#N)cc(-c2cc(-c3nc(-c4ccccc4)nc(-c4ccccc4)n3)cc(-c3ccc(C#N)c(C#N)c3)c2-n2c3ccc(-c4ccc(C(F)(F)F)cc4C(F)(F)F)cc3c3cc(-c4ccc(C(F)(F)F)cc4C(F)(F)F)ccc32)c1. The first-order valence-corrected chi connectivity index (χ1v) is 25.1. The van der Waals surface area contributed by atoms with Crippen molar-refractivity contribution < 1.29 is 52.7 Å². The van der Waals surface area contributed by atoms with Gasteiger partial charge in [-0.25, -0.2) is 15.0 Å². The van der Waals surface area contributed by atoms with Crippen molar-refractivity contribution in [1.29, 1.82) is 21.0 Å². The molecule has 0 saturated carbocycles. The van der Waals surface area contributed by atoms with Crippen molar-refractivity contribution in [2.24, 2.45) is 0 Å². The molecule has 0 unspecified atom stereocenters. The van der Waals surface area contributed by atoms with Gasteiger partial charge in [0.25, 0.3) is 0 Å². The quantitative estimate of drug-likeness (QED) is 0.138. The van der Waals surface area contributed by atoms with Crippen LogP contribution >= 0.6 is 0 Å². The molecule has 2 aromatic heterocycles. The molecular formula is C65H30F12N8. The van der Waals surface area contributed by atoms with E-state index in [1.54, 1.807) is 77.4 Å². The summed E-state index contributed by atoms with van der Waals surface area (Å²) in [6.45, 7) is 0. The van der Waals surface area contributed by atoms with Gasteiger partial charge in [0, 0.05) is 38.6 Å². The van der Waals surface area contributed by atoms with Crippen LogP contribution in [0.2, 0.25) is 0 Å². The van der Waals surface area contributed by atoms with E-state index in [4.69, 9.17) is 15.0 Å². The van der Waals surface area contributed by atoms with E-state index in [2.05, 4.69) is 12.1 Å². The molecule has 0 bridgehead atoms. The molecule has 0 spiro atoms. The molecule has 0 aliphatic carbocycles. The largest absolute Gasteiger partial charge is 0.417 e. The zero-order valence-electron chi connectivity index (χ0n) is 42.9. The van der Waals surface area contributed by atoms with Crippen molar-refractivity contribution in [2.75, 3.05) is 0 Å². The number of nitriles is 4. The van der Waals surface area contributed by atoms with Crippen molar-refractivity contribution >= 4 is 21.8 Å². The van der Waals surface area contributed by atoms with E-state index in [9.17, 15) is 73.7 Å². The van der Waals surface area contributed by atoms with Crippen LogP contribution in [0.1, 0.15) is 44.5 Å². The first kappa shape index (κ1) is 55.8. The summed E-state index contributed by atoms with van der Waals surface area (Å²) < 4.78 is 175. The van der Waals surface area contributed by atoms with Crippen LogP contribution in [-0.4, -0.2) is 19.5 Å². The molecule has 0 atom stereocenters. The highest BCUT2D eigenvalue weighted by molar-refractivity contribution is 6.13. The molecule has 11 rings (SSSR count). The summed E-state index contributed by atoms with van der Waals surface area (Å²) in [6, 6.07) is 47.0. The van der Waals surface area contributed by atoms with Gasteiger partial charge in [0.1, 0.15) is 12.1 Å². The maximum Gasteiger partial charge on any atom is 0.417 e. The van der Waals surface area contributed by atoms with Crippen molar-refractivity contribution in [3.8, 4) is 109 Å². The van der Waals surface area contributed by atoms with E-state index in [0.29, 0.717) is 35.4 Å². The van der Waals surface area contributed by atoms with Crippen LogP contribution in [0.15, 0.2) is 182 Å². The number of hydrogen-bond acceptors (Lipinski definition) is 7. The van der Waals surface area contributed by atoms with Crippen molar-refractivity contribution in [1.82, 2.24) is 19.5 Å². The molecule has 0 saturated heterocycles. The number of alkyl halides is 12. The average Bonchev–Trinajstić information content (AvgIpc) is 1.74. The second-order valence-electron chi connectivity index (χ2n) is 19.3. The Morgan fingerprint density at radius 3 is 1.14 bits per heavy atom. The third-order valence-electron chi connectivity index (χ3n) is 14.1. The highest BCUT2D eigenvalue weighted by Crippen LogP contribution is 2.49. The standard InChI is InChI=1S/C65H30F12N8/c66-62(67,68)46-15-17-48(54(29-46)64(72,73)74)40-13-19-56-52(25-40)53-26-41(49-18-16-47(63(69,70)71)30-55(49)65(75,76)77)14-20-57(53)85(56)58-50(39-11-12-42(33-80)45(24-39)34-81)27-44(28-51(58)43-22-35(31-78)21-36(23-43)32-79)61-83-59(37-7-3-1-4-8-37)82-60(84-61)38-9-5-2-6-10-38/h1-30H. The first-order chi connectivity index (χ1) is 40.4. The van der Waals surface area contributed by atoms with Crippen LogP contribution in [0.5, 0.6) is 0 Å². The topological polar surface area (TPSA) is 139 Å². The third kappa shape index (κ3) is 10.6. The fraction of sp³-hybridized carbons (Fsp3) is 0.0615. The monoisotopic (exact) mass is 1150 g/mol. The molecule has 0 aliphatic heterocycles. The molecule has 20 heteroatoms. The number of fused-ring (bicyclic) bond motifs is 3. The lowest BCUT2D eigenvalue weighted by molar-refractivity contribution is -0.144. The zero-order chi connectivity index (χ0) is 60.3. The van der Waals surface area contributed by atoms with Crippen LogP contribution in [0.4, 0.5) is 52.7 Å². The Morgan fingerprint density at radius 1 is 0.318 bits per heavy atom. The van der Waals surface area contributed by atoms with Crippen LogP contribution in [0.25, 0.3) is 106 Å². The van der Waals surface area contributed by atoms with Gasteiger partial charge < -0.3 is 4.57 Å². The van der Waals surface area contributed by atoms with Crippen LogP contribution in [0, 0.1) is 45.3 Å². The van der Waals surface area contributed by atoms with Crippen LogP contribution in [-0.2, 0) is 24.7 Å². The molecule has 2 heterocycles. The Morgan fingerprint density at radius 2 is 0.729 bits per heavy atom. The lowest BCUT2D eigenvalue weighted by Crippen LogP contribution is -2.12. The highest BCUT2D eigenvalue weighted by atomic mass is 19.4. The van der Waals surface area contributed by atoms with Gasteiger partial charge in [0.2, 0.25) is 0 Å². The summed E-state index contributed by atoms with van der Waals surface area (Å²) in [5.41, 5.74) is -6.51. The van der Waals surface area contributed by atoms with Crippen LogP contribution < -0.4 is 0 Å². The van der Waals surface area contributed by atoms with Gasteiger partial charge >= 0.3 is 24.7 Å². The van der Waals surface area contributed by atoms with Crippen molar-refractivity contribution in [3.63, 3.8) is 0 Å². The third-order valence-corrected chi connectivity index (χ3v) is 14.1. The Kier molecular flexibility index (Phi) is 13.8. The molecule has 0 N–H and O–H groups in total. The predicted molar refractivity (Wildman–Crippen MR) is 291 cm³/mol. The highest BCUT2D eigenvalue weighted by Gasteiger charge is 2.40. The Bertz CT molecular complexity index is 4480. The number of aromatic nitrogens is 4. The fourth-order valence-corrected chi connectivity index (χ4v) is 10.2. The number of nitrogens with zero attached hydrogens (tertiary/aromatic N) is 8. The summed E-state index contributed by atoms with van der Waals surface area (Å²) in [6.07, 6.45) is -21.2. The number of rotatable bonds is 8. The summed E-state index contributed by atoms with van der Waals surface area (Å²) >= 11 is 0. The molecule has 0 fully saturated rings. The van der Waals surface area contributed by atoms with Gasteiger partial charge in [-0.1, -0.05) is 91.0 Å². The van der Waals surface area contributed by atoms with Gasteiger partial charge in [-0.2, -0.15) is 73.7 Å². The number of halogens is 12. The second kappa shape index (κ2) is 21.0. The van der Waals surface area contributed by atoms with E-state index in [1.807, 2.05) is 12.1 Å². The summed E-state index contributed by atoms with van der Waals surface area (Å²) in [7, 11) is 0. The first-order valence-electron chi connectivity index (χ1n) is 25.1. The molecule has 8 nitrogen and oxygen atoms in total. The Labute approximate surface area is 473 Å². The molecular weight excluding hydrogens is 1120 g/mol. The Balaban J connectivity index is 1.31. The molecule has 85 heavy (non-hydrogen) atoms. The minimum absolute atomic E-state index is 0.0134. The summed E-state index contributed by atoms with van der Waals surface area (Å²) in [5.74, 6) is 0.494. The van der Waals surface area contributed by atoms with E-state index in [0.717, 1.165) is 0 Å². The van der Waals surface area contributed by atoms with E-state index in [-0.39, 0.29) is 118 Å². The average molecular weight is 1150 g/mol. The fourth-order valence-electron chi connectivity index (χ4n) is 10.2. The Hall–Kier alpha value is -11.1. The van der Waals surface area contributed by atoms with Crippen LogP contribution in [0.3, 0.4) is 0 Å². The van der Waals surface area contributed by atoms with Gasteiger partial charge in [0.05, 0.1) is 73.4 Å². The number of hydrogen-bond donors (Lipinski definition) is 0. The lowest BCUT2D eigenvalue weighted by atomic mass is 9.90. The second-order valence-corrected chi connectivity index (χ2v) is 19.3. The minimum Gasteiger partial charge on any atom is -0.308 e. The van der Waals surface area contributed by atoms with Gasteiger partial charge in [-0.15, -0.1) is 0 Å². The normalized spacial score (nSPS) is 12.0. The summed E-state index contributed by atoms with van der Waals surface area (Å²) in [5, 5.41) is 41.3. The molecule has 11 aromatic rings. The van der Waals surface area contributed by atoms with Gasteiger partial charge in [-0.05, 0) is 124 Å². The molecule has 0 aliphatic rings. The maximum absolute atomic E-state index is 14.9. The van der Waals surface area contributed by atoms with E-state index >= 15 is 0 Å². The minimum atomic E-state index is -5.37. The lowest BCUT2D eigenvalue weighted by Gasteiger charge is -2.22. The van der Waals surface area contributed by atoms with E-state index in [1.165, 1.54) is 72.8 Å². The smallest absolute Gasteiger partial charge is 0.308 e. The maximum atomic E-state index is 14.9. The van der Waals surface area contributed by atoms with Gasteiger partial charge in [-0.3, -0.25) is 0 Å². The van der Waals surface area contributed by atoms with E-state index < -0.39 is 58.1 Å². The molecule has 9 aromatic carbocycles. The van der Waals surface area contributed by atoms with Crippen molar-refractivity contribution in [2.45, 2.75) is 24.7 Å². The molecule has 0 radical (unpaired) electrons. The molecule has 0 amide bonds. The van der Waals surface area contributed by atoms with Crippen molar-refractivity contribution in [3.05, 3.63) is 226 Å². The number of benzene rings is 9. The predicted octanol–water partition coefficient (Wildman–Crippen LogP) is 18.2.